The van der Waals surface area contributed by atoms with Crippen molar-refractivity contribution in [2.45, 2.75) is 44.9 Å². The van der Waals surface area contributed by atoms with Crippen molar-refractivity contribution in [3.8, 4) is 11.5 Å². The first-order valence-electron chi connectivity index (χ1n) is 7.91. The Kier molecular flexibility index (Phi) is 3.79. The normalized spacial score (nSPS) is 21.4. The minimum atomic E-state index is -0.235. The molecule has 4 heteroatoms. The summed E-state index contributed by atoms with van der Waals surface area (Å²) in [7, 11) is 0. The highest BCUT2D eigenvalue weighted by molar-refractivity contribution is 5.95. The number of aromatic hydroxyl groups is 2. The van der Waals surface area contributed by atoms with Crippen molar-refractivity contribution in [1.29, 1.82) is 0 Å². The van der Waals surface area contributed by atoms with Crippen molar-refractivity contribution < 1.29 is 15.0 Å². The Hall–Kier alpha value is -1.71. The second-order valence-corrected chi connectivity index (χ2v) is 6.56. The molecule has 1 spiro atoms. The maximum atomic E-state index is 12.5. The Balaban J connectivity index is 1.65. The van der Waals surface area contributed by atoms with Crippen LogP contribution < -0.4 is 0 Å². The first-order chi connectivity index (χ1) is 10.1. The number of carbonyl (C=O) groups excluding carboxylic acids is 1. The van der Waals surface area contributed by atoms with Crippen LogP contribution in [0.25, 0.3) is 0 Å². The molecule has 1 heterocycles. The summed E-state index contributed by atoms with van der Waals surface area (Å²) in [5.41, 5.74) is 0.927. The largest absolute Gasteiger partial charge is 0.504 e. The smallest absolute Gasteiger partial charge is 0.253 e. The number of hydrogen-bond acceptors (Lipinski definition) is 3. The molecule has 0 bridgehead atoms. The standard InChI is InChI=1S/C17H23NO3/c19-14-5-4-13(12-15(14)20)16(21)18-10-8-17(9-11-18)6-2-1-3-7-17/h4-5,12,19-20H,1-3,6-11H2. The molecule has 1 amide bonds. The molecule has 1 aromatic carbocycles. The van der Waals surface area contributed by atoms with Crippen molar-refractivity contribution in [3.63, 3.8) is 0 Å². The molecule has 21 heavy (non-hydrogen) atoms. The van der Waals surface area contributed by atoms with Gasteiger partial charge in [0.2, 0.25) is 0 Å². The molecule has 2 aliphatic rings. The zero-order valence-electron chi connectivity index (χ0n) is 12.3. The molecule has 4 nitrogen and oxygen atoms in total. The van der Waals surface area contributed by atoms with Gasteiger partial charge in [0, 0.05) is 18.7 Å². The van der Waals surface area contributed by atoms with Gasteiger partial charge in [-0.1, -0.05) is 19.3 Å². The summed E-state index contributed by atoms with van der Waals surface area (Å²) in [6.07, 6.45) is 8.85. The number of rotatable bonds is 1. The molecule has 114 valence electrons. The Bertz CT molecular complexity index is 525. The molecular weight excluding hydrogens is 266 g/mol. The fourth-order valence-corrected chi connectivity index (χ4v) is 3.82. The van der Waals surface area contributed by atoms with Gasteiger partial charge in [0.1, 0.15) is 0 Å². The zero-order valence-corrected chi connectivity index (χ0v) is 12.3. The number of phenolic OH excluding ortho intramolecular Hbond substituents is 2. The summed E-state index contributed by atoms with van der Waals surface area (Å²) in [6, 6.07) is 4.29. The number of phenols is 2. The van der Waals surface area contributed by atoms with E-state index in [0.29, 0.717) is 11.0 Å². The predicted molar refractivity (Wildman–Crippen MR) is 80.4 cm³/mol. The number of carbonyl (C=O) groups is 1. The average molecular weight is 289 g/mol. The lowest BCUT2D eigenvalue weighted by Gasteiger charge is -2.44. The summed E-state index contributed by atoms with van der Waals surface area (Å²) in [5, 5.41) is 18.9. The summed E-state index contributed by atoms with van der Waals surface area (Å²) in [5.74, 6) is -0.469. The second kappa shape index (κ2) is 5.58. The lowest BCUT2D eigenvalue weighted by atomic mass is 9.68. The van der Waals surface area contributed by atoms with Crippen LogP contribution >= 0.6 is 0 Å². The minimum Gasteiger partial charge on any atom is -0.504 e. The van der Waals surface area contributed by atoms with Crippen LogP contribution in [0, 0.1) is 5.41 Å². The molecule has 1 aliphatic heterocycles. The van der Waals surface area contributed by atoms with Gasteiger partial charge in [-0.15, -0.1) is 0 Å². The Morgan fingerprint density at radius 3 is 2.24 bits per heavy atom. The average Bonchev–Trinajstić information content (AvgIpc) is 2.51. The van der Waals surface area contributed by atoms with Crippen molar-refractivity contribution >= 4 is 5.91 Å². The van der Waals surface area contributed by atoms with Crippen LogP contribution in [0.15, 0.2) is 18.2 Å². The van der Waals surface area contributed by atoms with Crippen LogP contribution in [-0.2, 0) is 0 Å². The molecule has 3 rings (SSSR count). The van der Waals surface area contributed by atoms with E-state index in [2.05, 4.69) is 0 Å². The number of piperidine rings is 1. The quantitative estimate of drug-likeness (QED) is 0.780. The molecule has 1 saturated carbocycles. The van der Waals surface area contributed by atoms with Crippen LogP contribution in [-0.4, -0.2) is 34.1 Å². The maximum Gasteiger partial charge on any atom is 0.253 e. The van der Waals surface area contributed by atoms with Gasteiger partial charge in [-0.05, 0) is 49.3 Å². The van der Waals surface area contributed by atoms with E-state index in [9.17, 15) is 15.0 Å². The lowest BCUT2D eigenvalue weighted by Crippen LogP contribution is -2.43. The van der Waals surface area contributed by atoms with Crippen molar-refractivity contribution in [2.24, 2.45) is 5.41 Å². The third kappa shape index (κ3) is 2.85. The van der Waals surface area contributed by atoms with Crippen LogP contribution in [0.2, 0.25) is 0 Å². The van der Waals surface area contributed by atoms with E-state index >= 15 is 0 Å². The van der Waals surface area contributed by atoms with E-state index in [-0.39, 0.29) is 17.4 Å². The van der Waals surface area contributed by atoms with Gasteiger partial charge in [0.15, 0.2) is 11.5 Å². The monoisotopic (exact) mass is 289 g/mol. The highest BCUT2D eigenvalue weighted by Gasteiger charge is 2.36. The van der Waals surface area contributed by atoms with E-state index < -0.39 is 0 Å². The summed E-state index contributed by atoms with van der Waals surface area (Å²) < 4.78 is 0. The van der Waals surface area contributed by atoms with Crippen LogP contribution in [0.1, 0.15) is 55.3 Å². The van der Waals surface area contributed by atoms with E-state index in [4.69, 9.17) is 0 Å². The molecule has 0 unspecified atom stereocenters. The summed E-state index contributed by atoms with van der Waals surface area (Å²) >= 11 is 0. The number of benzene rings is 1. The Morgan fingerprint density at radius 1 is 0.952 bits per heavy atom. The molecule has 2 fully saturated rings. The Labute approximate surface area is 125 Å². The van der Waals surface area contributed by atoms with Gasteiger partial charge in [-0.3, -0.25) is 4.79 Å². The summed E-state index contributed by atoms with van der Waals surface area (Å²) in [4.78, 5) is 14.3. The third-order valence-electron chi connectivity index (χ3n) is 5.25. The Morgan fingerprint density at radius 2 is 1.62 bits per heavy atom. The summed E-state index contributed by atoms with van der Waals surface area (Å²) in [6.45, 7) is 1.61. The highest BCUT2D eigenvalue weighted by Crippen LogP contribution is 2.44. The van der Waals surface area contributed by atoms with E-state index in [1.807, 2.05) is 4.90 Å². The van der Waals surface area contributed by atoms with Crippen LogP contribution in [0.4, 0.5) is 0 Å². The number of likely N-dealkylation sites (tertiary alicyclic amines) is 1. The zero-order chi connectivity index (χ0) is 14.9. The van der Waals surface area contributed by atoms with Crippen LogP contribution in [0.3, 0.4) is 0 Å². The molecule has 1 aromatic rings. The SMILES string of the molecule is O=C(c1ccc(O)c(O)c1)N1CCC2(CCCCC2)CC1. The molecular formula is C17H23NO3. The fraction of sp³-hybridized carbons (Fsp3) is 0.588. The number of hydrogen-bond donors (Lipinski definition) is 2. The maximum absolute atomic E-state index is 12.5. The number of amides is 1. The molecule has 0 atom stereocenters. The molecule has 1 saturated heterocycles. The van der Waals surface area contributed by atoms with Gasteiger partial charge in [-0.2, -0.15) is 0 Å². The van der Waals surface area contributed by atoms with Gasteiger partial charge >= 0.3 is 0 Å². The van der Waals surface area contributed by atoms with Crippen molar-refractivity contribution in [2.75, 3.05) is 13.1 Å². The molecule has 0 aromatic heterocycles. The van der Waals surface area contributed by atoms with Gasteiger partial charge in [0.05, 0.1) is 0 Å². The topological polar surface area (TPSA) is 60.8 Å². The van der Waals surface area contributed by atoms with Crippen LogP contribution in [0.5, 0.6) is 11.5 Å². The van der Waals surface area contributed by atoms with E-state index in [0.717, 1.165) is 25.9 Å². The lowest BCUT2D eigenvalue weighted by molar-refractivity contribution is 0.0471. The molecule has 2 N–H and O–H groups in total. The fourth-order valence-electron chi connectivity index (χ4n) is 3.82. The number of nitrogens with zero attached hydrogens (tertiary/aromatic N) is 1. The van der Waals surface area contributed by atoms with Gasteiger partial charge in [0.25, 0.3) is 5.91 Å². The highest BCUT2D eigenvalue weighted by atomic mass is 16.3. The molecule has 0 radical (unpaired) electrons. The van der Waals surface area contributed by atoms with Crippen molar-refractivity contribution in [3.05, 3.63) is 23.8 Å². The van der Waals surface area contributed by atoms with E-state index in [1.54, 1.807) is 6.07 Å². The first kappa shape index (κ1) is 14.2. The van der Waals surface area contributed by atoms with E-state index in [1.165, 1.54) is 44.2 Å². The first-order valence-corrected chi connectivity index (χ1v) is 7.91. The third-order valence-corrected chi connectivity index (χ3v) is 5.25. The second-order valence-electron chi connectivity index (χ2n) is 6.56. The molecule has 1 aliphatic carbocycles. The van der Waals surface area contributed by atoms with Crippen molar-refractivity contribution in [1.82, 2.24) is 4.90 Å². The predicted octanol–water partition coefficient (Wildman–Crippen LogP) is 3.28. The van der Waals surface area contributed by atoms with Gasteiger partial charge in [-0.25, -0.2) is 0 Å². The van der Waals surface area contributed by atoms with Gasteiger partial charge < -0.3 is 15.1 Å². The minimum absolute atomic E-state index is 0.0454.